The molecule has 5 rings (SSSR count). The van der Waals surface area contributed by atoms with Gasteiger partial charge in [-0.2, -0.15) is 0 Å². The number of ether oxygens (including phenoxy) is 1. The highest BCUT2D eigenvalue weighted by molar-refractivity contribution is 6.08. The van der Waals surface area contributed by atoms with Crippen molar-refractivity contribution in [2.45, 2.75) is 31.8 Å². The maximum absolute atomic E-state index is 12.9. The van der Waals surface area contributed by atoms with Gasteiger partial charge < -0.3 is 25.7 Å². The van der Waals surface area contributed by atoms with Gasteiger partial charge in [-0.15, -0.1) is 0 Å². The van der Waals surface area contributed by atoms with E-state index in [2.05, 4.69) is 27.2 Å². The summed E-state index contributed by atoms with van der Waals surface area (Å²) in [5.41, 5.74) is 12.0. The molecular formula is C30H32N6O3. The summed E-state index contributed by atoms with van der Waals surface area (Å²) in [6.45, 7) is 5.84. The second-order valence-corrected chi connectivity index (χ2v) is 10.1. The number of hydrogen-bond donors (Lipinski definition) is 3. The smallest absolute Gasteiger partial charge is 0.251 e. The van der Waals surface area contributed by atoms with Crippen LogP contribution in [0.15, 0.2) is 67.0 Å². The Morgan fingerprint density at radius 2 is 1.74 bits per heavy atom. The number of carbonyl (C=O) groups is 2. The highest BCUT2D eigenvalue weighted by atomic mass is 16.5. The summed E-state index contributed by atoms with van der Waals surface area (Å²) >= 11 is 0. The summed E-state index contributed by atoms with van der Waals surface area (Å²) in [6, 6.07) is 15.0. The number of fused-ring (bicyclic) bond motifs is 1. The predicted octanol–water partition coefficient (Wildman–Crippen LogP) is 4.70. The first-order valence-corrected chi connectivity index (χ1v) is 12.8. The fraction of sp³-hybridized carbons (Fsp3) is 0.267. The largest absolute Gasteiger partial charge is 0.383 e. The van der Waals surface area contributed by atoms with Crippen LogP contribution in [0.1, 0.15) is 36.5 Å². The van der Waals surface area contributed by atoms with Crippen molar-refractivity contribution in [3.8, 4) is 22.4 Å². The Morgan fingerprint density at radius 1 is 1.08 bits per heavy atom. The van der Waals surface area contributed by atoms with Gasteiger partial charge in [0.2, 0.25) is 0 Å². The lowest BCUT2D eigenvalue weighted by molar-refractivity contribution is -0.112. The van der Waals surface area contributed by atoms with Gasteiger partial charge in [-0.25, -0.2) is 9.97 Å². The van der Waals surface area contributed by atoms with Gasteiger partial charge >= 0.3 is 0 Å². The zero-order valence-electron chi connectivity index (χ0n) is 22.4. The number of carbonyl (C=O) groups excluding carboxylic acids is 2. The highest BCUT2D eigenvalue weighted by Crippen LogP contribution is 2.41. The molecule has 0 saturated heterocycles. The first-order valence-electron chi connectivity index (χ1n) is 12.8. The maximum atomic E-state index is 12.9. The zero-order valence-corrected chi connectivity index (χ0v) is 22.4. The van der Waals surface area contributed by atoms with E-state index in [1.165, 1.54) is 6.33 Å². The number of aromatic nitrogens is 3. The second kappa shape index (κ2) is 10.3. The van der Waals surface area contributed by atoms with Gasteiger partial charge in [-0.3, -0.25) is 9.59 Å². The lowest BCUT2D eigenvalue weighted by atomic mass is 9.80. The van der Waals surface area contributed by atoms with Crippen LogP contribution in [0.4, 0.5) is 11.5 Å². The first kappa shape index (κ1) is 26.1. The summed E-state index contributed by atoms with van der Waals surface area (Å²) in [5.74, 6) is -0.00192. The van der Waals surface area contributed by atoms with E-state index in [0.29, 0.717) is 34.8 Å². The molecule has 4 N–H and O–H groups in total. The SMILES string of the molecule is C=C(C)C(=O)Nc1ccc(-c2c(-c3ccc(C(=O)NCC4(OC)CCC4)cc3)c3c(N)ncnc3n2C)cc1. The molecule has 0 spiro atoms. The molecule has 9 nitrogen and oxygen atoms in total. The van der Waals surface area contributed by atoms with Gasteiger partial charge in [0.05, 0.1) is 16.7 Å². The van der Waals surface area contributed by atoms with Gasteiger partial charge in [0, 0.05) is 43.1 Å². The van der Waals surface area contributed by atoms with E-state index in [1.807, 2.05) is 60.1 Å². The molecule has 4 aromatic rings. The molecule has 2 amide bonds. The highest BCUT2D eigenvalue weighted by Gasteiger charge is 2.37. The summed E-state index contributed by atoms with van der Waals surface area (Å²) in [4.78, 5) is 33.6. The van der Waals surface area contributed by atoms with E-state index in [9.17, 15) is 9.59 Å². The molecule has 0 unspecified atom stereocenters. The molecule has 1 saturated carbocycles. The molecular weight excluding hydrogens is 492 g/mol. The van der Waals surface area contributed by atoms with E-state index in [1.54, 1.807) is 14.0 Å². The number of nitrogens with two attached hydrogens (primary N) is 1. The standard InChI is InChI=1S/C30H32N6O3/c1-18(2)28(37)35-22-12-10-20(11-13-22)25-23(24-26(31)33-17-34-27(24)36(25)3)19-6-8-21(9-7-19)29(38)32-16-30(39-4)14-5-15-30/h6-13,17H,1,5,14-16H2,2-4H3,(H,32,38)(H,35,37)(H2,31,33,34). The molecule has 39 heavy (non-hydrogen) atoms. The number of rotatable bonds is 8. The lowest BCUT2D eigenvalue weighted by Gasteiger charge is -2.40. The molecule has 2 aromatic heterocycles. The minimum absolute atomic E-state index is 0.140. The Kier molecular flexibility index (Phi) is 6.93. The van der Waals surface area contributed by atoms with Crippen molar-refractivity contribution in [3.63, 3.8) is 0 Å². The van der Waals surface area contributed by atoms with E-state index >= 15 is 0 Å². The molecule has 1 aliphatic carbocycles. The average Bonchev–Trinajstić information content (AvgIpc) is 3.22. The number of methoxy groups -OCH3 is 1. The summed E-state index contributed by atoms with van der Waals surface area (Å²) in [7, 11) is 3.63. The molecule has 1 aliphatic rings. The fourth-order valence-electron chi connectivity index (χ4n) is 5.00. The Hall–Kier alpha value is -4.50. The minimum Gasteiger partial charge on any atom is -0.383 e. The Bertz CT molecular complexity index is 1560. The van der Waals surface area contributed by atoms with Gasteiger partial charge in [0.25, 0.3) is 11.8 Å². The van der Waals surface area contributed by atoms with Crippen molar-refractivity contribution in [2.24, 2.45) is 7.05 Å². The molecule has 9 heteroatoms. The molecule has 2 heterocycles. The van der Waals surface area contributed by atoms with E-state index in [-0.39, 0.29) is 17.4 Å². The van der Waals surface area contributed by atoms with E-state index in [0.717, 1.165) is 47.0 Å². The zero-order chi connectivity index (χ0) is 27.7. The predicted molar refractivity (Wildman–Crippen MR) is 153 cm³/mol. The number of amides is 2. The van der Waals surface area contributed by atoms with Crippen LogP contribution in [-0.4, -0.2) is 45.6 Å². The van der Waals surface area contributed by atoms with Crippen molar-refractivity contribution in [2.75, 3.05) is 24.7 Å². The third kappa shape index (κ3) is 4.88. The molecule has 0 bridgehead atoms. The van der Waals surface area contributed by atoms with Gasteiger partial charge in [0.1, 0.15) is 17.8 Å². The second-order valence-electron chi connectivity index (χ2n) is 10.1. The van der Waals surface area contributed by atoms with Crippen molar-refractivity contribution >= 4 is 34.4 Å². The molecule has 0 aliphatic heterocycles. The molecule has 0 radical (unpaired) electrons. The third-order valence-electron chi connectivity index (χ3n) is 7.51. The fourth-order valence-corrected chi connectivity index (χ4v) is 5.00. The number of benzene rings is 2. The van der Waals surface area contributed by atoms with Crippen LogP contribution in [0, 0.1) is 0 Å². The Labute approximate surface area is 227 Å². The van der Waals surface area contributed by atoms with Crippen molar-refractivity contribution in [1.29, 1.82) is 0 Å². The van der Waals surface area contributed by atoms with Crippen LogP contribution in [0.2, 0.25) is 0 Å². The molecule has 0 atom stereocenters. The Balaban J connectivity index is 1.50. The van der Waals surface area contributed by atoms with Crippen LogP contribution in [0.3, 0.4) is 0 Å². The van der Waals surface area contributed by atoms with Crippen LogP contribution in [0.5, 0.6) is 0 Å². The topological polar surface area (TPSA) is 124 Å². The van der Waals surface area contributed by atoms with Crippen LogP contribution in [-0.2, 0) is 16.6 Å². The molecule has 2 aromatic carbocycles. The quantitative estimate of drug-likeness (QED) is 0.287. The minimum atomic E-state index is -0.242. The normalized spacial score (nSPS) is 14.0. The monoisotopic (exact) mass is 524 g/mol. The van der Waals surface area contributed by atoms with Crippen LogP contribution >= 0.6 is 0 Å². The number of aryl methyl sites for hydroxylation is 1. The van der Waals surface area contributed by atoms with Crippen molar-refractivity contribution in [1.82, 2.24) is 19.9 Å². The Morgan fingerprint density at radius 3 is 2.33 bits per heavy atom. The first-order chi connectivity index (χ1) is 18.7. The molecule has 200 valence electrons. The van der Waals surface area contributed by atoms with Crippen molar-refractivity contribution < 1.29 is 14.3 Å². The number of anilines is 2. The van der Waals surface area contributed by atoms with Crippen LogP contribution < -0.4 is 16.4 Å². The third-order valence-corrected chi connectivity index (χ3v) is 7.51. The van der Waals surface area contributed by atoms with Gasteiger partial charge in [-0.1, -0.05) is 30.8 Å². The molecule has 1 fully saturated rings. The number of nitrogen functional groups attached to an aromatic ring is 1. The summed E-state index contributed by atoms with van der Waals surface area (Å²) < 4.78 is 7.60. The number of hydrogen-bond acceptors (Lipinski definition) is 6. The average molecular weight is 525 g/mol. The van der Waals surface area contributed by atoms with E-state index < -0.39 is 0 Å². The summed E-state index contributed by atoms with van der Waals surface area (Å²) in [5, 5.41) is 6.58. The van der Waals surface area contributed by atoms with Gasteiger partial charge in [-0.05, 0) is 61.6 Å². The van der Waals surface area contributed by atoms with Crippen LogP contribution in [0.25, 0.3) is 33.4 Å². The van der Waals surface area contributed by atoms with Gasteiger partial charge in [0.15, 0.2) is 0 Å². The maximum Gasteiger partial charge on any atom is 0.251 e. The van der Waals surface area contributed by atoms with Crippen molar-refractivity contribution in [3.05, 3.63) is 72.6 Å². The summed E-state index contributed by atoms with van der Waals surface area (Å²) in [6.07, 6.45) is 4.48. The number of nitrogens with zero attached hydrogens (tertiary/aromatic N) is 3. The number of nitrogens with one attached hydrogen (secondary N) is 2. The lowest BCUT2D eigenvalue weighted by Crippen LogP contribution is -2.49. The van der Waals surface area contributed by atoms with E-state index in [4.69, 9.17) is 10.5 Å².